The summed E-state index contributed by atoms with van der Waals surface area (Å²) < 4.78 is 11.9. The Morgan fingerprint density at radius 2 is 1.93 bits per heavy atom. The van der Waals surface area contributed by atoms with E-state index < -0.39 is 0 Å². The SMILES string of the molecule is COc1cccc2c1OC(c1ccncc1)N1N=C(c3cccc(O)c3)CC21. The van der Waals surface area contributed by atoms with E-state index in [2.05, 4.69) is 11.1 Å². The number of rotatable bonds is 3. The maximum atomic E-state index is 9.87. The first-order chi connectivity index (χ1) is 13.7. The van der Waals surface area contributed by atoms with Crippen molar-refractivity contribution in [1.29, 1.82) is 0 Å². The number of pyridine rings is 1. The molecular formula is C22H19N3O3. The largest absolute Gasteiger partial charge is 0.508 e. The molecule has 0 saturated heterocycles. The van der Waals surface area contributed by atoms with Gasteiger partial charge in [0.1, 0.15) is 5.75 Å². The van der Waals surface area contributed by atoms with Crippen LogP contribution in [0.3, 0.4) is 0 Å². The number of fused-ring (bicyclic) bond motifs is 3. The molecule has 3 heterocycles. The first-order valence-electron chi connectivity index (χ1n) is 9.13. The summed E-state index contributed by atoms with van der Waals surface area (Å²) in [4.78, 5) is 4.11. The number of nitrogens with zero attached hydrogens (tertiary/aromatic N) is 3. The van der Waals surface area contributed by atoms with Gasteiger partial charge in [0.25, 0.3) is 0 Å². The van der Waals surface area contributed by atoms with E-state index in [1.165, 1.54) is 0 Å². The van der Waals surface area contributed by atoms with E-state index in [1.54, 1.807) is 31.6 Å². The molecule has 140 valence electrons. The number of hydrazone groups is 1. The third-order valence-corrected chi connectivity index (χ3v) is 5.17. The lowest BCUT2D eigenvalue weighted by Gasteiger charge is -2.38. The van der Waals surface area contributed by atoms with Gasteiger partial charge in [-0.25, -0.2) is 5.01 Å². The molecule has 0 radical (unpaired) electrons. The zero-order chi connectivity index (χ0) is 19.1. The maximum Gasteiger partial charge on any atom is 0.214 e. The van der Waals surface area contributed by atoms with Crippen molar-refractivity contribution in [3.63, 3.8) is 0 Å². The molecule has 2 atom stereocenters. The fourth-order valence-electron chi connectivity index (χ4n) is 3.85. The van der Waals surface area contributed by atoms with Crippen molar-refractivity contribution >= 4 is 5.71 Å². The molecule has 6 nitrogen and oxygen atoms in total. The van der Waals surface area contributed by atoms with Crippen molar-refractivity contribution in [1.82, 2.24) is 9.99 Å². The Bertz CT molecular complexity index is 1050. The first kappa shape index (κ1) is 16.6. The summed E-state index contributed by atoms with van der Waals surface area (Å²) in [6.45, 7) is 0. The molecule has 2 aliphatic heterocycles. The van der Waals surface area contributed by atoms with Gasteiger partial charge in [0.2, 0.25) is 6.23 Å². The van der Waals surface area contributed by atoms with Crippen molar-refractivity contribution < 1.29 is 14.6 Å². The van der Waals surface area contributed by atoms with E-state index in [9.17, 15) is 5.11 Å². The number of phenolic OH excluding ortho intramolecular Hbond substituents is 1. The van der Waals surface area contributed by atoms with E-state index >= 15 is 0 Å². The smallest absolute Gasteiger partial charge is 0.214 e. The van der Waals surface area contributed by atoms with Crippen LogP contribution in [0.1, 0.15) is 35.4 Å². The number of phenols is 1. The van der Waals surface area contributed by atoms with Crippen molar-refractivity contribution in [2.75, 3.05) is 7.11 Å². The van der Waals surface area contributed by atoms with Crippen LogP contribution >= 0.6 is 0 Å². The number of para-hydroxylation sites is 1. The molecule has 2 aromatic carbocycles. The van der Waals surface area contributed by atoms with Crippen LogP contribution in [-0.4, -0.2) is 27.9 Å². The number of hydrogen-bond acceptors (Lipinski definition) is 6. The van der Waals surface area contributed by atoms with E-state index in [-0.39, 0.29) is 18.0 Å². The summed E-state index contributed by atoms with van der Waals surface area (Å²) in [5.41, 5.74) is 3.84. The quantitative estimate of drug-likeness (QED) is 0.751. The van der Waals surface area contributed by atoms with Gasteiger partial charge >= 0.3 is 0 Å². The van der Waals surface area contributed by atoms with Gasteiger partial charge in [-0.2, -0.15) is 5.10 Å². The van der Waals surface area contributed by atoms with E-state index in [1.807, 2.05) is 41.4 Å². The summed E-state index contributed by atoms with van der Waals surface area (Å²) >= 11 is 0. The Morgan fingerprint density at radius 3 is 2.71 bits per heavy atom. The highest BCUT2D eigenvalue weighted by atomic mass is 16.5. The van der Waals surface area contributed by atoms with Crippen LogP contribution in [0, 0.1) is 0 Å². The van der Waals surface area contributed by atoms with Crippen molar-refractivity contribution in [2.45, 2.75) is 18.7 Å². The molecule has 0 bridgehead atoms. The van der Waals surface area contributed by atoms with Crippen molar-refractivity contribution in [3.8, 4) is 17.2 Å². The van der Waals surface area contributed by atoms with Gasteiger partial charge in [-0.15, -0.1) is 0 Å². The molecule has 5 rings (SSSR count). The molecule has 6 heteroatoms. The maximum absolute atomic E-state index is 9.87. The molecule has 0 amide bonds. The lowest BCUT2D eigenvalue weighted by Crippen LogP contribution is -2.33. The zero-order valence-corrected chi connectivity index (χ0v) is 15.3. The van der Waals surface area contributed by atoms with Gasteiger partial charge in [0, 0.05) is 35.5 Å². The van der Waals surface area contributed by atoms with E-state index in [0.717, 1.165) is 28.2 Å². The van der Waals surface area contributed by atoms with Crippen LogP contribution in [0.15, 0.2) is 72.1 Å². The topological polar surface area (TPSA) is 67.2 Å². The molecular weight excluding hydrogens is 354 g/mol. The standard InChI is InChI=1S/C22H19N3O3/c1-27-20-7-3-6-17-19-13-18(15-4-2-5-16(26)12-15)24-25(19)22(28-21(17)20)14-8-10-23-11-9-14/h2-12,19,22,26H,13H2,1H3. The molecule has 2 aliphatic rings. The van der Waals surface area contributed by atoms with Gasteiger partial charge in [0.15, 0.2) is 11.5 Å². The minimum absolute atomic E-state index is 0.0226. The molecule has 3 aromatic rings. The Morgan fingerprint density at radius 1 is 1.11 bits per heavy atom. The average molecular weight is 373 g/mol. The van der Waals surface area contributed by atoms with E-state index in [0.29, 0.717) is 12.2 Å². The predicted octanol–water partition coefficient (Wildman–Crippen LogP) is 4.04. The number of aromatic nitrogens is 1. The Balaban J connectivity index is 1.63. The first-order valence-corrected chi connectivity index (χ1v) is 9.13. The number of methoxy groups -OCH3 is 1. The number of benzene rings is 2. The third kappa shape index (κ3) is 2.65. The Kier molecular flexibility index (Phi) is 3.90. The molecule has 1 aromatic heterocycles. The summed E-state index contributed by atoms with van der Waals surface area (Å²) in [5, 5.41) is 16.8. The van der Waals surface area contributed by atoms with Gasteiger partial charge < -0.3 is 14.6 Å². The second-order valence-electron chi connectivity index (χ2n) is 6.83. The third-order valence-electron chi connectivity index (χ3n) is 5.17. The predicted molar refractivity (Wildman–Crippen MR) is 104 cm³/mol. The molecule has 0 aliphatic carbocycles. The summed E-state index contributed by atoms with van der Waals surface area (Å²) in [6.07, 6.45) is 3.84. The minimum atomic E-state index is -0.383. The monoisotopic (exact) mass is 373 g/mol. The second kappa shape index (κ2) is 6.56. The fourth-order valence-corrected chi connectivity index (χ4v) is 3.85. The second-order valence-corrected chi connectivity index (χ2v) is 6.83. The molecule has 0 fully saturated rings. The molecule has 28 heavy (non-hydrogen) atoms. The summed E-state index contributed by atoms with van der Waals surface area (Å²) in [6, 6.07) is 17.0. The highest BCUT2D eigenvalue weighted by Gasteiger charge is 2.42. The molecule has 0 saturated carbocycles. The van der Waals surface area contributed by atoms with Crippen molar-refractivity contribution in [3.05, 3.63) is 83.7 Å². The van der Waals surface area contributed by atoms with Crippen LogP contribution in [0.4, 0.5) is 0 Å². The van der Waals surface area contributed by atoms with Crippen LogP contribution < -0.4 is 9.47 Å². The lowest BCUT2D eigenvalue weighted by molar-refractivity contribution is -0.0209. The fraction of sp³-hybridized carbons (Fsp3) is 0.182. The molecule has 2 unspecified atom stereocenters. The van der Waals surface area contributed by atoms with Crippen LogP contribution in [0.2, 0.25) is 0 Å². The van der Waals surface area contributed by atoms with Crippen molar-refractivity contribution in [2.24, 2.45) is 5.10 Å². The minimum Gasteiger partial charge on any atom is -0.508 e. The normalized spacial score (nSPS) is 20.0. The number of hydrogen-bond donors (Lipinski definition) is 1. The zero-order valence-electron chi connectivity index (χ0n) is 15.3. The number of ether oxygens (including phenoxy) is 2. The van der Waals surface area contributed by atoms with Crippen LogP contribution in [0.25, 0.3) is 0 Å². The van der Waals surface area contributed by atoms with Crippen LogP contribution in [-0.2, 0) is 0 Å². The van der Waals surface area contributed by atoms with Gasteiger partial charge in [0.05, 0.1) is 18.9 Å². The average Bonchev–Trinajstić information content (AvgIpc) is 3.19. The molecule has 0 spiro atoms. The van der Waals surface area contributed by atoms with Gasteiger partial charge in [-0.05, 0) is 30.3 Å². The van der Waals surface area contributed by atoms with E-state index in [4.69, 9.17) is 14.6 Å². The van der Waals surface area contributed by atoms with Gasteiger partial charge in [-0.3, -0.25) is 4.98 Å². The molecule has 1 N–H and O–H groups in total. The lowest BCUT2D eigenvalue weighted by atomic mass is 9.95. The van der Waals surface area contributed by atoms with Crippen LogP contribution in [0.5, 0.6) is 17.2 Å². The summed E-state index contributed by atoms with van der Waals surface area (Å²) in [7, 11) is 1.65. The number of aromatic hydroxyl groups is 1. The highest BCUT2D eigenvalue weighted by molar-refractivity contribution is 6.02. The summed E-state index contributed by atoms with van der Waals surface area (Å²) in [5.74, 6) is 1.69. The highest BCUT2D eigenvalue weighted by Crippen LogP contribution is 2.50. The Labute approximate surface area is 162 Å². The Hall–Kier alpha value is -3.54. The van der Waals surface area contributed by atoms with Gasteiger partial charge in [-0.1, -0.05) is 24.3 Å².